The molecule has 0 radical (unpaired) electrons. The number of ether oxygens (including phenoxy) is 1. The molecule has 0 aliphatic heterocycles. The molecule has 0 aromatic heterocycles. The predicted molar refractivity (Wildman–Crippen MR) is 72.8 cm³/mol. The van der Waals surface area contributed by atoms with Crippen molar-refractivity contribution < 1.29 is 9.84 Å². The number of rotatable bonds is 7. The average Bonchev–Trinajstić information content (AvgIpc) is 3.14. The zero-order chi connectivity index (χ0) is 13.0. The minimum Gasteiger partial charge on any atom is -0.490 e. The first kappa shape index (κ1) is 13.4. The molecule has 2 rings (SSSR count). The summed E-state index contributed by atoms with van der Waals surface area (Å²) in [6, 6.07) is 7.80. The van der Waals surface area contributed by atoms with Crippen molar-refractivity contribution in [3.63, 3.8) is 0 Å². The molecule has 1 aliphatic carbocycles. The van der Waals surface area contributed by atoms with Crippen molar-refractivity contribution in [1.29, 1.82) is 0 Å². The predicted octanol–water partition coefficient (Wildman–Crippen LogP) is 2.43. The van der Waals surface area contributed by atoms with Crippen LogP contribution in [-0.4, -0.2) is 24.3 Å². The van der Waals surface area contributed by atoms with Gasteiger partial charge in [-0.05, 0) is 50.4 Å². The van der Waals surface area contributed by atoms with Gasteiger partial charge >= 0.3 is 0 Å². The fourth-order valence-electron chi connectivity index (χ4n) is 1.89. The molecular formula is C15H23NO2. The van der Waals surface area contributed by atoms with Gasteiger partial charge in [0, 0.05) is 6.54 Å². The Morgan fingerprint density at radius 1 is 1.44 bits per heavy atom. The van der Waals surface area contributed by atoms with E-state index < -0.39 is 5.60 Å². The van der Waals surface area contributed by atoms with Gasteiger partial charge in [0.15, 0.2) is 0 Å². The Morgan fingerprint density at radius 3 is 2.89 bits per heavy atom. The molecule has 1 aromatic rings. The third kappa shape index (κ3) is 3.72. The molecule has 0 spiro atoms. The SMILES string of the molecule is CCCNCC(C)(O)c1cccc(OC2CC2)c1. The summed E-state index contributed by atoms with van der Waals surface area (Å²) in [5, 5.41) is 13.7. The lowest BCUT2D eigenvalue weighted by Crippen LogP contribution is -2.35. The number of aliphatic hydroxyl groups is 1. The summed E-state index contributed by atoms with van der Waals surface area (Å²) in [6.45, 7) is 5.44. The van der Waals surface area contributed by atoms with Gasteiger partial charge in [-0.25, -0.2) is 0 Å². The molecule has 0 heterocycles. The average molecular weight is 249 g/mol. The van der Waals surface area contributed by atoms with E-state index in [0.29, 0.717) is 12.6 Å². The molecule has 1 unspecified atom stereocenters. The van der Waals surface area contributed by atoms with Gasteiger partial charge in [-0.2, -0.15) is 0 Å². The lowest BCUT2D eigenvalue weighted by atomic mass is 9.96. The second-order valence-electron chi connectivity index (χ2n) is 5.30. The minimum atomic E-state index is -0.849. The van der Waals surface area contributed by atoms with Gasteiger partial charge in [-0.3, -0.25) is 0 Å². The number of hydrogen-bond donors (Lipinski definition) is 2. The first-order chi connectivity index (χ1) is 8.62. The molecule has 0 amide bonds. The van der Waals surface area contributed by atoms with Gasteiger partial charge in [-0.1, -0.05) is 19.1 Å². The maximum Gasteiger partial charge on any atom is 0.120 e. The Bertz CT molecular complexity index is 386. The molecule has 3 heteroatoms. The van der Waals surface area contributed by atoms with Gasteiger partial charge in [0.25, 0.3) is 0 Å². The summed E-state index contributed by atoms with van der Waals surface area (Å²) in [7, 11) is 0. The highest BCUT2D eigenvalue weighted by Crippen LogP contribution is 2.29. The fourth-order valence-corrected chi connectivity index (χ4v) is 1.89. The maximum atomic E-state index is 10.5. The first-order valence-corrected chi connectivity index (χ1v) is 6.82. The van der Waals surface area contributed by atoms with Crippen LogP contribution in [0.1, 0.15) is 38.7 Å². The van der Waals surface area contributed by atoms with Crippen LogP contribution in [0.3, 0.4) is 0 Å². The Morgan fingerprint density at radius 2 is 2.22 bits per heavy atom. The molecule has 2 N–H and O–H groups in total. The highest BCUT2D eigenvalue weighted by atomic mass is 16.5. The molecular weight excluding hydrogens is 226 g/mol. The van der Waals surface area contributed by atoms with E-state index in [1.807, 2.05) is 31.2 Å². The summed E-state index contributed by atoms with van der Waals surface area (Å²) in [5.74, 6) is 0.866. The fraction of sp³-hybridized carbons (Fsp3) is 0.600. The van der Waals surface area contributed by atoms with E-state index in [-0.39, 0.29) is 0 Å². The van der Waals surface area contributed by atoms with Crippen molar-refractivity contribution >= 4 is 0 Å². The van der Waals surface area contributed by atoms with E-state index >= 15 is 0 Å². The normalized spacial score (nSPS) is 18.4. The van der Waals surface area contributed by atoms with Crippen molar-refractivity contribution in [1.82, 2.24) is 5.32 Å². The lowest BCUT2D eigenvalue weighted by Gasteiger charge is -2.24. The molecule has 100 valence electrons. The molecule has 1 atom stereocenters. The van der Waals surface area contributed by atoms with Crippen LogP contribution in [0.2, 0.25) is 0 Å². The van der Waals surface area contributed by atoms with Crippen LogP contribution in [-0.2, 0) is 5.60 Å². The number of hydrogen-bond acceptors (Lipinski definition) is 3. The zero-order valence-corrected chi connectivity index (χ0v) is 11.3. The van der Waals surface area contributed by atoms with Crippen molar-refractivity contribution in [2.24, 2.45) is 0 Å². The highest BCUT2D eigenvalue weighted by Gasteiger charge is 2.26. The monoisotopic (exact) mass is 249 g/mol. The summed E-state index contributed by atoms with van der Waals surface area (Å²) in [6.07, 6.45) is 3.77. The zero-order valence-electron chi connectivity index (χ0n) is 11.3. The Kier molecular flexibility index (Phi) is 4.25. The molecule has 1 aliphatic rings. The Labute approximate surface area is 109 Å². The van der Waals surface area contributed by atoms with E-state index in [2.05, 4.69) is 12.2 Å². The highest BCUT2D eigenvalue weighted by molar-refractivity contribution is 5.32. The van der Waals surface area contributed by atoms with E-state index in [1.54, 1.807) is 0 Å². The summed E-state index contributed by atoms with van der Waals surface area (Å²) in [4.78, 5) is 0. The third-order valence-corrected chi connectivity index (χ3v) is 3.18. The van der Waals surface area contributed by atoms with Gasteiger partial charge in [0.1, 0.15) is 5.75 Å². The van der Waals surface area contributed by atoms with Crippen LogP contribution in [0, 0.1) is 0 Å². The molecule has 0 bridgehead atoms. The van der Waals surface area contributed by atoms with Gasteiger partial charge in [0.05, 0.1) is 11.7 Å². The van der Waals surface area contributed by atoms with Crippen LogP contribution in [0.4, 0.5) is 0 Å². The number of nitrogens with one attached hydrogen (secondary N) is 1. The van der Waals surface area contributed by atoms with Gasteiger partial charge in [-0.15, -0.1) is 0 Å². The Hall–Kier alpha value is -1.06. The molecule has 0 saturated heterocycles. The van der Waals surface area contributed by atoms with Gasteiger partial charge < -0.3 is 15.2 Å². The van der Waals surface area contributed by atoms with E-state index in [4.69, 9.17) is 4.74 Å². The lowest BCUT2D eigenvalue weighted by molar-refractivity contribution is 0.0569. The maximum absolute atomic E-state index is 10.5. The second kappa shape index (κ2) is 5.72. The third-order valence-electron chi connectivity index (χ3n) is 3.18. The van der Waals surface area contributed by atoms with Crippen LogP contribution >= 0.6 is 0 Å². The summed E-state index contributed by atoms with van der Waals surface area (Å²) < 4.78 is 5.76. The quantitative estimate of drug-likeness (QED) is 0.729. The smallest absolute Gasteiger partial charge is 0.120 e. The summed E-state index contributed by atoms with van der Waals surface area (Å²) in [5.41, 5.74) is 0.0576. The van der Waals surface area contributed by atoms with Crippen molar-refractivity contribution in [2.75, 3.05) is 13.1 Å². The molecule has 1 fully saturated rings. The first-order valence-electron chi connectivity index (χ1n) is 6.82. The minimum absolute atomic E-state index is 0.392. The van der Waals surface area contributed by atoms with Crippen LogP contribution < -0.4 is 10.1 Å². The van der Waals surface area contributed by atoms with E-state index in [0.717, 1.165) is 37.1 Å². The number of benzene rings is 1. The standard InChI is InChI=1S/C15H23NO2/c1-3-9-16-11-15(2,17)12-5-4-6-14(10-12)18-13-7-8-13/h4-6,10,13,16-17H,3,7-9,11H2,1-2H3. The van der Waals surface area contributed by atoms with Crippen LogP contribution in [0.5, 0.6) is 5.75 Å². The molecule has 1 saturated carbocycles. The van der Waals surface area contributed by atoms with Crippen molar-refractivity contribution in [3.05, 3.63) is 29.8 Å². The molecule has 18 heavy (non-hydrogen) atoms. The summed E-state index contributed by atoms with van der Waals surface area (Å²) >= 11 is 0. The van der Waals surface area contributed by atoms with Crippen molar-refractivity contribution in [3.8, 4) is 5.75 Å². The van der Waals surface area contributed by atoms with Gasteiger partial charge in [0.2, 0.25) is 0 Å². The largest absolute Gasteiger partial charge is 0.490 e. The second-order valence-corrected chi connectivity index (χ2v) is 5.30. The van der Waals surface area contributed by atoms with Crippen LogP contribution in [0.25, 0.3) is 0 Å². The van der Waals surface area contributed by atoms with E-state index in [9.17, 15) is 5.11 Å². The van der Waals surface area contributed by atoms with Crippen molar-refractivity contribution in [2.45, 2.75) is 44.8 Å². The topological polar surface area (TPSA) is 41.5 Å². The Balaban J connectivity index is 2.00. The molecule has 3 nitrogen and oxygen atoms in total. The van der Waals surface area contributed by atoms with Crippen LogP contribution in [0.15, 0.2) is 24.3 Å². The van der Waals surface area contributed by atoms with E-state index in [1.165, 1.54) is 0 Å². The molecule has 1 aromatic carbocycles.